The first-order valence-corrected chi connectivity index (χ1v) is 8.53. The molecule has 0 saturated carbocycles. The van der Waals surface area contributed by atoms with Crippen LogP contribution in [0.1, 0.15) is 0 Å². The number of benzene rings is 1. The van der Waals surface area contributed by atoms with Gasteiger partial charge in [-0.05, 0) is 18.2 Å². The summed E-state index contributed by atoms with van der Waals surface area (Å²) in [4.78, 5) is -0.0889. The number of rotatable bonds is 3. The van der Waals surface area contributed by atoms with Crippen molar-refractivity contribution in [2.45, 2.75) is 10.9 Å². The van der Waals surface area contributed by atoms with Crippen LogP contribution in [0.4, 0.5) is 11.4 Å². The van der Waals surface area contributed by atoms with E-state index in [1.54, 1.807) is 0 Å². The van der Waals surface area contributed by atoms with E-state index in [1.807, 2.05) is 0 Å². The predicted molar refractivity (Wildman–Crippen MR) is 72.6 cm³/mol. The molecule has 0 spiro atoms. The monoisotopic (exact) mass is 303 g/mol. The van der Waals surface area contributed by atoms with Crippen molar-refractivity contribution in [3.05, 3.63) is 29.7 Å². The second-order valence-electron chi connectivity index (χ2n) is 4.20. The molecule has 7 nitrogen and oxygen atoms in total. The van der Waals surface area contributed by atoms with E-state index in [-0.39, 0.29) is 10.6 Å². The van der Waals surface area contributed by atoms with E-state index < -0.39 is 25.9 Å². The van der Waals surface area contributed by atoms with Crippen LogP contribution in [0.5, 0.6) is 0 Å². The van der Waals surface area contributed by atoms with Gasteiger partial charge < -0.3 is 11.1 Å². The number of anilines is 2. The maximum absolute atomic E-state index is 11.3. The summed E-state index contributed by atoms with van der Waals surface area (Å²) in [6, 6.07) is 3.53. The zero-order valence-corrected chi connectivity index (χ0v) is 11.4. The Bertz CT molecular complexity index is 738. The Morgan fingerprint density at radius 3 is 2.53 bits per heavy atom. The van der Waals surface area contributed by atoms with Gasteiger partial charge in [-0.25, -0.2) is 22.0 Å². The number of hydrogen-bond acceptors (Lipinski definition) is 6. The van der Waals surface area contributed by atoms with E-state index in [4.69, 9.17) is 10.9 Å². The van der Waals surface area contributed by atoms with Gasteiger partial charge in [-0.2, -0.15) is 0 Å². The van der Waals surface area contributed by atoms with E-state index in [0.29, 0.717) is 11.4 Å². The van der Waals surface area contributed by atoms with Crippen molar-refractivity contribution in [1.29, 1.82) is 0 Å². The number of nitrogens with two attached hydrogens (primary N) is 2. The smallest absolute Gasteiger partial charge is 0.238 e. The van der Waals surface area contributed by atoms with Crippen molar-refractivity contribution in [1.82, 2.24) is 0 Å². The summed E-state index contributed by atoms with van der Waals surface area (Å²) in [6.07, 6.45) is 1.48. The molecule has 0 aliphatic carbocycles. The number of sulfonamides is 1. The summed E-state index contributed by atoms with van der Waals surface area (Å²) in [6.45, 7) is 0. The number of hydrogen-bond donors (Lipinski definition) is 3. The van der Waals surface area contributed by atoms with E-state index in [9.17, 15) is 16.8 Å². The predicted octanol–water partition coefficient (Wildman–Crippen LogP) is -0.361. The average Bonchev–Trinajstić information content (AvgIpc) is 2.60. The Hall–Kier alpha value is -1.58. The summed E-state index contributed by atoms with van der Waals surface area (Å²) >= 11 is 0. The minimum atomic E-state index is -3.83. The van der Waals surface area contributed by atoms with Gasteiger partial charge in [-0.1, -0.05) is 6.08 Å². The van der Waals surface area contributed by atoms with Crippen LogP contribution in [-0.4, -0.2) is 28.6 Å². The van der Waals surface area contributed by atoms with Crippen LogP contribution in [0.25, 0.3) is 0 Å². The van der Waals surface area contributed by atoms with E-state index >= 15 is 0 Å². The Morgan fingerprint density at radius 2 is 2.00 bits per heavy atom. The molecule has 1 heterocycles. The highest BCUT2D eigenvalue weighted by molar-refractivity contribution is 7.94. The van der Waals surface area contributed by atoms with Crippen LogP contribution in [0.15, 0.2) is 34.6 Å². The molecule has 0 aromatic heterocycles. The van der Waals surface area contributed by atoms with Crippen molar-refractivity contribution in [3.8, 4) is 0 Å². The van der Waals surface area contributed by atoms with Crippen molar-refractivity contribution in [2.24, 2.45) is 5.14 Å². The molecule has 1 atom stereocenters. The second-order valence-corrected chi connectivity index (χ2v) is 7.70. The van der Waals surface area contributed by atoms with Gasteiger partial charge in [0.15, 0.2) is 9.84 Å². The standard InChI is InChI=1S/C10H13N3O4S2/c11-9-2-1-8(19(12,16)17)5-10(9)13-7-3-4-18(14,15)6-7/h1-5,7,13H,6,11H2,(H2,12,16,17). The Balaban J connectivity index is 2.29. The SMILES string of the molecule is Nc1ccc(S(N)(=O)=O)cc1NC1C=CS(=O)(=O)C1. The van der Waals surface area contributed by atoms with Gasteiger partial charge in [0.25, 0.3) is 0 Å². The maximum atomic E-state index is 11.3. The van der Waals surface area contributed by atoms with Gasteiger partial charge >= 0.3 is 0 Å². The average molecular weight is 303 g/mol. The first-order valence-electron chi connectivity index (χ1n) is 5.27. The third kappa shape index (κ3) is 3.25. The molecule has 5 N–H and O–H groups in total. The molecule has 2 rings (SSSR count). The summed E-state index contributed by atoms with van der Waals surface area (Å²) in [5.41, 5.74) is 6.35. The van der Waals surface area contributed by atoms with Gasteiger partial charge in [-0.15, -0.1) is 0 Å². The highest BCUT2D eigenvalue weighted by Crippen LogP contribution is 2.24. The Kier molecular flexibility index (Phi) is 3.29. The van der Waals surface area contributed by atoms with Crippen molar-refractivity contribution < 1.29 is 16.8 Å². The normalized spacial score (nSPS) is 21.4. The lowest BCUT2D eigenvalue weighted by Gasteiger charge is -2.14. The lowest BCUT2D eigenvalue weighted by atomic mass is 10.2. The molecule has 9 heteroatoms. The topological polar surface area (TPSA) is 132 Å². The van der Waals surface area contributed by atoms with Crippen LogP contribution in [0, 0.1) is 0 Å². The minimum Gasteiger partial charge on any atom is -0.397 e. The zero-order chi connectivity index (χ0) is 14.3. The molecule has 0 fully saturated rings. The first kappa shape index (κ1) is 13.8. The third-order valence-corrected chi connectivity index (χ3v) is 4.93. The molecule has 1 aliphatic heterocycles. The highest BCUT2D eigenvalue weighted by Gasteiger charge is 2.22. The van der Waals surface area contributed by atoms with E-state index in [0.717, 1.165) is 5.41 Å². The van der Waals surface area contributed by atoms with Gasteiger partial charge in [-0.3, -0.25) is 0 Å². The largest absolute Gasteiger partial charge is 0.397 e. The lowest BCUT2D eigenvalue weighted by molar-refractivity contribution is 0.597. The van der Waals surface area contributed by atoms with Crippen molar-refractivity contribution in [3.63, 3.8) is 0 Å². The highest BCUT2D eigenvalue weighted by atomic mass is 32.2. The summed E-state index contributed by atoms with van der Waals surface area (Å²) in [7, 11) is -7.02. The Morgan fingerprint density at radius 1 is 1.32 bits per heavy atom. The van der Waals surface area contributed by atoms with Gasteiger partial charge in [0, 0.05) is 5.41 Å². The molecule has 0 radical (unpaired) electrons. The van der Waals surface area contributed by atoms with Crippen LogP contribution >= 0.6 is 0 Å². The molecule has 1 aliphatic rings. The Labute approximate surface area is 111 Å². The molecule has 1 aromatic rings. The van der Waals surface area contributed by atoms with Crippen LogP contribution < -0.4 is 16.2 Å². The van der Waals surface area contributed by atoms with Crippen LogP contribution in [-0.2, 0) is 19.9 Å². The zero-order valence-electron chi connectivity index (χ0n) is 9.78. The number of primary sulfonamides is 1. The summed E-state index contributed by atoms with van der Waals surface area (Å²) < 4.78 is 45.0. The lowest BCUT2D eigenvalue weighted by Crippen LogP contribution is -2.22. The second kappa shape index (κ2) is 4.51. The number of nitrogen functional groups attached to an aromatic ring is 1. The fourth-order valence-electron chi connectivity index (χ4n) is 1.70. The third-order valence-electron chi connectivity index (χ3n) is 2.62. The quantitative estimate of drug-likeness (QED) is 0.653. The molecule has 1 aromatic carbocycles. The van der Waals surface area contributed by atoms with E-state index in [2.05, 4.69) is 5.32 Å². The molecule has 0 bridgehead atoms. The summed E-state index contributed by atoms with van der Waals surface area (Å²) in [5, 5.41) is 9.00. The summed E-state index contributed by atoms with van der Waals surface area (Å²) in [5.74, 6) is -0.0912. The fourth-order valence-corrected chi connectivity index (χ4v) is 3.48. The van der Waals surface area contributed by atoms with Crippen molar-refractivity contribution >= 4 is 31.2 Å². The maximum Gasteiger partial charge on any atom is 0.238 e. The number of nitrogens with one attached hydrogen (secondary N) is 1. The molecular formula is C10H13N3O4S2. The molecule has 19 heavy (non-hydrogen) atoms. The van der Waals surface area contributed by atoms with E-state index in [1.165, 1.54) is 24.3 Å². The van der Waals surface area contributed by atoms with Gasteiger partial charge in [0.1, 0.15) is 0 Å². The first-order chi connectivity index (χ1) is 8.67. The van der Waals surface area contributed by atoms with Crippen LogP contribution in [0.2, 0.25) is 0 Å². The molecule has 104 valence electrons. The molecular weight excluding hydrogens is 290 g/mol. The molecule has 1 unspecified atom stereocenters. The molecule has 0 amide bonds. The molecule has 0 saturated heterocycles. The van der Waals surface area contributed by atoms with Crippen molar-refractivity contribution in [2.75, 3.05) is 16.8 Å². The number of sulfone groups is 1. The minimum absolute atomic E-state index is 0.0889. The fraction of sp³-hybridized carbons (Fsp3) is 0.200. The van der Waals surface area contributed by atoms with Gasteiger partial charge in [0.05, 0.1) is 28.1 Å². The van der Waals surface area contributed by atoms with Gasteiger partial charge in [0.2, 0.25) is 10.0 Å². The van der Waals surface area contributed by atoms with Crippen LogP contribution in [0.3, 0.4) is 0 Å².